The summed E-state index contributed by atoms with van der Waals surface area (Å²) in [6.45, 7) is 2.85. The van der Waals surface area contributed by atoms with Crippen LogP contribution in [0, 0.1) is 11.3 Å². The fourth-order valence-corrected chi connectivity index (χ4v) is 2.45. The number of hydrogen-bond donors (Lipinski definition) is 0. The van der Waals surface area contributed by atoms with E-state index in [2.05, 4.69) is 13.0 Å². The maximum atomic E-state index is 12.1. The van der Waals surface area contributed by atoms with E-state index in [1.165, 1.54) is 11.3 Å². The number of nitriles is 1. The van der Waals surface area contributed by atoms with Crippen LogP contribution in [0.2, 0.25) is 0 Å². The van der Waals surface area contributed by atoms with Crippen LogP contribution in [0.15, 0.2) is 10.9 Å². The van der Waals surface area contributed by atoms with E-state index < -0.39 is 0 Å². The number of aryl methyl sites for hydroxylation is 1. The molecule has 0 saturated carbocycles. The molecule has 1 aromatic heterocycles. The second-order valence-electron chi connectivity index (χ2n) is 4.29. The van der Waals surface area contributed by atoms with E-state index in [1.807, 2.05) is 10.6 Å². The van der Waals surface area contributed by atoms with Crippen molar-refractivity contribution in [1.29, 1.82) is 5.26 Å². The van der Waals surface area contributed by atoms with Gasteiger partial charge in [-0.3, -0.25) is 4.79 Å². The lowest BCUT2D eigenvalue weighted by atomic mass is 10.1. The van der Waals surface area contributed by atoms with Gasteiger partial charge < -0.3 is 4.57 Å². The van der Waals surface area contributed by atoms with Crippen molar-refractivity contribution in [3.05, 3.63) is 33.2 Å². The zero-order valence-corrected chi connectivity index (χ0v) is 9.62. The van der Waals surface area contributed by atoms with Crippen LogP contribution in [0.25, 0.3) is 0 Å². The topological polar surface area (TPSA) is 45.8 Å². The van der Waals surface area contributed by atoms with Crippen molar-refractivity contribution < 1.29 is 0 Å². The third-order valence-electron chi connectivity index (χ3n) is 3.14. The lowest BCUT2D eigenvalue weighted by Gasteiger charge is -2.12. The summed E-state index contributed by atoms with van der Waals surface area (Å²) >= 11 is 0. The summed E-state index contributed by atoms with van der Waals surface area (Å²) in [4.78, 5) is 12.1. The minimum atomic E-state index is 0.0454. The Balaban J connectivity index is 2.57. The van der Waals surface area contributed by atoms with E-state index in [4.69, 9.17) is 5.26 Å². The molecule has 0 aliphatic heterocycles. The van der Waals surface area contributed by atoms with Crippen molar-refractivity contribution in [1.82, 2.24) is 4.57 Å². The fraction of sp³-hybridized carbons (Fsp3) is 0.538. The largest absolute Gasteiger partial charge is 0.312 e. The first kappa shape index (κ1) is 10.9. The number of pyridine rings is 1. The summed E-state index contributed by atoms with van der Waals surface area (Å²) in [6, 6.07) is 4.02. The van der Waals surface area contributed by atoms with Crippen LogP contribution < -0.4 is 5.56 Å². The minimum absolute atomic E-state index is 0.0454. The Kier molecular flexibility index (Phi) is 3.09. The van der Waals surface area contributed by atoms with Crippen LogP contribution in [-0.4, -0.2) is 4.57 Å². The molecule has 0 N–H and O–H groups in total. The number of aromatic nitrogens is 1. The fourth-order valence-electron chi connectivity index (χ4n) is 2.45. The molecule has 3 heteroatoms. The number of nitrogens with zero attached hydrogens (tertiary/aromatic N) is 2. The molecule has 0 fully saturated rings. The third kappa shape index (κ3) is 1.76. The van der Waals surface area contributed by atoms with Gasteiger partial charge in [0.1, 0.15) is 0 Å². The highest BCUT2D eigenvalue weighted by atomic mass is 16.1. The highest BCUT2D eigenvalue weighted by Gasteiger charge is 2.18. The summed E-state index contributed by atoms with van der Waals surface area (Å²) < 4.78 is 1.88. The van der Waals surface area contributed by atoms with Crippen LogP contribution in [0.4, 0.5) is 0 Å². The molecule has 1 heterocycles. The normalized spacial score (nSPS) is 13.5. The molecule has 0 amide bonds. The number of hydrogen-bond acceptors (Lipinski definition) is 2. The van der Waals surface area contributed by atoms with Crippen molar-refractivity contribution in [2.24, 2.45) is 0 Å². The van der Waals surface area contributed by atoms with Gasteiger partial charge in [0.2, 0.25) is 0 Å². The van der Waals surface area contributed by atoms with Crippen molar-refractivity contribution in [2.75, 3.05) is 0 Å². The number of rotatable bonds is 3. The molecule has 0 radical (unpaired) electrons. The van der Waals surface area contributed by atoms with Crippen molar-refractivity contribution in [3.63, 3.8) is 0 Å². The Hall–Kier alpha value is -1.56. The molecule has 84 valence electrons. The lowest BCUT2D eigenvalue weighted by Crippen LogP contribution is -2.26. The van der Waals surface area contributed by atoms with Gasteiger partial charge in [0.25, 0.3) is 5.56 Å². The van der Waals surface area contributed by atoms with Gasteiger partial charge in [0, 0.05) is 17.8 Å². The standard InChI is InChI=1S/C13H16N2O/c1-2-8-15-12-5-3-4-10(12)9-11(6-7-14)13(15)16/h9H,2-6,8H2,1H3. The van der Waals surface area contributed by atoms with Crippen LogP contribution in [0.3, 0.4) is 0 Å². The molecule has 1 aliphatic carbocycles. The Bertz CT molecular complexity index is 494. The first-order valence-electron chi connectivity index (χ1n) is 5.89. The summed E-state index contributed by atoms with van der Waals surface area (Å²) in [5, 5.41) is 8.72. The van der Waals surface area contributed by atoms with E-state index in [0.717, 1.165) is 32.2 Å². The van der Waals surface area contributed by atoms with E-state index in [-0.39, 0.29) is 12.0 Å². The van der Waals surface area contributed by atoms with Crippen LogP contribution in [0.1, 0.15) is 36.6 Å². The predicted octanol–water partition coefficient (Wildman–Crippen LogP) is 1.81. The Morgan fingerprint density at radius 3 is 3.00 bits per heavy atom. The van der Waals surface area contributed by atoms with Gasteiger partial charge in [-0.2, -0.15) is 5.26 Å². The monoisotopic (exact) mass is 216 g/mol. The second kappa shape index (κ2) is 4.52. The maximum Gasteiger partial charge on any atom is 0.255 e. The van der Waals surface area contributed by atoms with Crippen LogP contribution in [0.5, 0.6) is 0 Å². The van der Waals surface area contributed by atoms with Crippen molar-refractivity contribution >= 4 is 0 Å². The van der Waals surface area contributed by atoms with E-state index in [0.29, 0.717) is 5.56 Å². The molecule has 3 nitrogen and oxygen atoms in total. The summed E-state index contributed by atoms with van der Waals surface area (Å²) in [5.74, 6) is 0. The summed E-state index contributed by atoms with van der Waals surface area (Å²) in [7, 11) is 0. The molecule has 0 saturated heterocycles. The molecule has 1 aromatic rings. The zero-order valence-electron chi connectivity index (χ0n) is 9.62. The summed E-state index contributed by atoms with van der Waals surface area (Å²) in [5.41, 5.74) is 3.19. The average molecular weight is 216 g/mol. The average Bonchev–Trinajstić information content (AvgIpc) is 2.72. The molecule has 0 unspecified atom stereocenters. The van der Waals surface area contributed by atoms with Gasteiger partial charge in [-0.15, -0.1) is 0 Å². The van der Waals surface area contributed by atoms with Gasteiger partial charge in [0.05, 0.1) is 12.5 Å². The molecule has 2 rings (SSSR count). The third-order valence-corrected chi connectivity index (χ3v) is 3.14. The molecule has 0 aromatic carbocycles. The molecular formula is C13H16N2O. The van der Waals surface area contributed by atoms with Gasteiger partial charge in [-0.05, 0) is 37.3 Å². The zero-order chi connectivity index (χ0) is 11.5. The summed E-state index contributed by atoms with van der Waals surface area (Å²) in [6.07, 6.45) is 4.39. The molecule has 0 spiro atoms. The van der Waals surface area contributed by atoms with Gasteiger partial charge in [0.15, 0.2) is 0 Å². The highest BCUT2D eigenvalue weighted by molar-refractivity contribution is 5.31. The van der Waals surface area contributed by atoms with Crippen molar-refractivity contribution in [2.45, 2.75) is 45.6 Å². The minimum Gasteiger partial charge on any atom is -0.312 e. The van der Waals surface area contributed by atoms with Crippen LogP contribution in [-0.2, 0) is 25.8 Å². The van der Waals surface area contributed by atoms with Gasteiger partial charge in [-0.25, -0.2) is 0 Å². The quantitative estimate of drug-likeness (QED) is 0.773. The van der Waals surface area contributed by atoms with E-state index >= 15 is 0 Å². The molecule has 0 atom stereocenters. The van der Waals surface area contributed by atoms with Crippen LogP contribution >= 0.6 is 0 Å². The Morgan fingerprint density at radius 1 is 1.50 bits per heavy atom. The van der Waals surface area contributed by atoms with E-state index in [9.17, 15) is 4.79 Å². The highest BCUT2D eigenvalue weighted by Crippen LogP contribution is 2.21. The molecular weight excluding hydrogens is 200 g/mol. The second-order valence-corrected chi connectivity index (χ2v) is 4.29. The Morgan fingerprint density at radius 2 is 2.31 bits per heavy atom. The Labute approximate surface area is 95.3 Å². The molecule has 16 heavy (non-hydrogen) atoms. The smallest absolute Gasteiger partial charge is 0.255 e. The molecule has 0 bridgehead atoms. The maximum absolute atomic E-state index is 12.1. The first-order valence-corrected chi connectivity index (χ1v) is 5.89. The van der Waals surface area contributed by atoms with Crippen molar-refractivity contribution in [3.8, 4) is 6.07 Å². The predicted molar refractivity (Wildman–Crippen MR) is 62.3 cm³/mol. The molecule has 1 aliphatic rings. The SMILES string of the molecule is CCCn1c2c(cc(CC#N)c1=O)CCC2. The van der Waals surface area contributed by atoms with Gasteiger partial charge >= 0.3 is 0 Å². The van der Waals surface area contributed by atoms with E-state index in [1.54, 1.807) is 0 Å². The number of fused-ring (bicyclic) bond motifs is 1. The lowest BCUT2D eigenvalue weighted by molar-refractivity contribution is 0.619. The first-order chi connectivity index (χ1) is 7.77. The van der Waals surface area contributed by atoms with Gasteiger partial charge in [-0.1, -0.05) is 6.92 Å².